The number of rotatable bonds is 3. The van der Waals surface area contributed by atoms with Gasteiger partial charge in [-0.2, -0.15) is 0 Å². The topological polar surface area (TPSA) is 65.0 Å². The number of carboxylic acid groups (broad SMARTS) is 1. The number of hydrogen-bond donors (Lipinski definition) is 1. The van der Waals surface area contributed by atoms with Crippen LogP contribution in [0.1, 0.15) is 95.5 Å². The van der Waals surface area contributed by atoms with Gasteiger partial charge in [-0.15, -0.1) is 0 Å². The SMILES string of the molecule is O=C(O)OC1Oc2ccc(Cl)cc2C(C2CCCCCCC2)(C2CCCCCCC2)O1. The molecule has 3 aliphatic rings. The summed E-state index contributed by atoms with van der Waals surface area (Å²) in [6, 6.07) is 5.63. The summed E-state index contributed by atoms with van der Waals surface area (Å²) >= 11 is 6.48. The van der Waals surface area contributed by atoms with Crippen molar-refractivity contribution in [1.29, 1.82) is 0 Å². The second-order valence-corrected chi connectivity index (χ2v) is 9.86. The maximum absolute atomic E-state index is 11.4. The molecule has 0 bridgehead atoms. The van der Waals surface area contributed by atoms with Crippen molar-refractivity contribution in [2.45, 2.75) is 102 Å². The van der Waals surface area contributed by atoms with Gasteiger partial charge in [-0.25, -0.2) is 4.79 Å². The number of benzene rings is 1. The molecule has 172 valence electrons. The van der Waals surface area contributed by atoms with Crippen LogP contribution >= 0.6 is 11.6 Å². The van der Waals surface area contributed by atoms with E-state index in [1.807, 2.05) is 12.1 Å². The molecule has 4 rings (SSSR count). The van der Waals surface area contributed by atoms with Gasteiger partial charge in [-0.1, -0.05) is 75.8 Å². The summed E-state index contributed by atoms with van der Waals surface area (Å²) in [6.45, 7) is -1.25. The van der Waals surface area contributed by atoms with Gasteiger partial charge < -0.3 is 14.6 Å². The second kappa shape index (κ2) is 10.4. The lowest BCUT2D eigenvalue weighted by Gasteiger charge is -2.51. The van der Waals surface area contributed by atoms with Crippen LogP contribution in [-0.2, 0) is 15.1 Å². The fraction of sp³-hybridized carbons (Fsp3) is 0.720. The third-order valence-electron chi connectivity index (χ3n) is 7.50. The quantitative estimate of drug-likeness (QED) is 0.479. The van der Waals surface area contributed by atoms with Gasteiger partial charge in [0.2, 0.25) is 0 Å². The van der Waals surface area contributed by atoms with Crippen molar-refractivity contribution in [3.05, 3.63) is 28.8 Å². The first-order valence-corrected chi connectivity index (χ1v) is 12.5. The van der Waals surface area contributed by atoms with Crippen LogP contribution in [0.15, 0.2) is 18.2 Å². The fourth-order valence-electron chi connectivity index (χ4n) is 6.13. The normalized spacial score (nSPS) is 25.8. The van der Waals surface area contributed by atoms with Crippen LogP contribution in [0.5, 0.6) is 5.75 Å². The summed E-state index contributed by atoms with van der Waals surface area (Å²) in [4.78, 5) is 11.4. The second-order valence-electron chi connectivity index (χ2n) is 9.43. The smallest absolute Gasteiger partial charge is 0.450 e. The molecule has 1 N–H and O–H groups in total. The van der Waals surface area contributed by atoms with Crippen molar-refractivity contribution in [3.8, 4) is 5.75 Å². The Labute approximate surface area is 190 Å². The van der Waals surface area contributed by atoms with E-state index in [4.69, 9.17) is 25.8 Å². The maximum Gasteiger partial charge on any atom is 0.510 e. The van der Waals surface area contributed by atoms with E-state index < -0.39 is 18.2 Å². The molecule has 2 saturated carbocycles. The van der Waals surface area contributed by atoms with Crippen LogP contribution in [-0.4, -0.2) is 17.7 Å². The summed E-state index contributed by atoms with van der Waals surface area (Å²) in [7, 11) is 0. The Kier molecular flexibility index (Phi) is 7.65. The Bertz CT molecular complexity index is 713. The molecule has 0 amide bonds. The molecular formula is C25H35ClO5. The predicted octanol–water partition coefficient (Wildman–Crippen LogP) is 7.64. The van der Waals surface area contributed by atoms with E-state index in [0.29, 0.717) is 22.6 Å². The van der Waals surface area contributed by atoms with Crippen molar-refractivity contribution in [3.63, 3.8) is 0 Å². The number of fused-ring (bicyclic) bond motifs is 1. The van der Waals surface area contributed by atoms with Gasteiger partial charge in [0.15, 0.2) is 0 Å². The lowest BCUT2D eigenvalue weighted by atomic mass is 9.64. The van der Waals surface area contributed by atoms with E-state index in [9.17, 15) is 9.90 Å². The largest absolute Gasteiger partial charge is 0.510 e. The molecule has 2 aliphatic carbocycles. The molecule has 5 nitrogen and oxygen atoms in total. The van der Waals surface area contributed by atoms with Gasteiger partial charge >= 0.3 is 12.6 Å². The van der Waals surface area contributed by atoms with E-state index >= 15 is 0 Å². The van der Waals surface area contributed by atoms with Gasteiger partial charge in [-0.05, 0) is 55.7 Å². The Morgan fingerprint density at radius 3 is 1.94 bits per heavy atom. The van der Waals surface area contributed by atoms with E-state index in [-0.39, 0.29) is 0 Å². The highest BCUT2D eigenvalue weighted by Gasteiger charge is 2.53. The van der Waals surface area contributed by atoms with Crippen molar-refractivity contribution >= 4 is 17.8 Å². The number of halogens is 1. The third kappa shape index (κ3) is 5.14. The predicted molar refractivity (Wildman–Crippen MR) is 119 cm³/mol. The Balaban J connectivity index is 1.81. The van der Waals surface area contributed by atoms with E-state index in [0.717, 1.165) is 31.2 Å². The average molecular weight is 451 g/mol. The monoisotopic (exact) mass is 450 g/mol. The van der Waals surface area contributed by atoms with Crippen molar-refractivity contribution in [1.82, 2.24) is 0 Å². The molecule has 1 aromatic rings. The lowest BCUT2D eigenvalue weighted by Crippen LogP contribution is -2.52. The maximum atomic E-state index is 11.4. The summed E-state index contributed by atoms with van der Waals surface area (Å²) < 4.78 is 17.6. The number of carbonyl (C=O) groups is 1. The highest BCUT2D eigenvalue weighted by molar-refractivity contribution is 6.30. The molecule has 0 saturated heterocycles. The number of ether oxygens (including phenoxy) is 3. The van der Waals surface area contributed by atoms with E-state index in [1.165, 1.54) is 64.2 Å². The minimum absolute atomic E-state index is 0.290. The molecule has 0 radical (unpaired) electrons. The summed E-state index contributed by atoms with van der Waals surface area (Å²) in [6.07, 6.45) is 15.1. The highest BCUT2D eigenvalue weighted by atomic mass is 35.5. The van der Waals surface area contributed by atoms with Crippen molar-refractivity contribution < 1.29 is 24.1 Å². The van der Waals surface area contributed by atoms with Crippen LogP contribution in [0.4, 0.5) is 4.79 Å². The van der Waals surface area contributed by atoms with Crippen molar-refractivity contribution in [2.24, 2.45) is 11.8 Å². The standard InChI is InChI=1S/C25H35ClO5/c26-20-15-16-22-21(17-20)25(31-24(29-22)30-23(27)28,18-11-7-3-1-4-8-12-18)19-13-9-5-2-6-10-14-19/h15-19,24H,1-14H2,(H,27,28). The minimum Gasteiger partial charge on any atom is -0.450 e. The first-order chi connectivity index (χ1) is 15.1. The summed E-state index contributed by atoms with van der Waals surface area (Å²) in [5.41, 5.74) is 0.356. The Morgan fingerprint density at radius 2 is 1.42 bits per heavy atom. The molecule has 1 unspecified atom stereocenters. The molecule has 1 aliphatic heterocycles. The zero-order chi connectivity index (χ0) is 21.7. The van der Waals surface area contributed by atoms with E-state index in [1.54, 1.807) is 6.07 Å². The van der Waals surface area contributed by atoms with Crippen LogP contribution in [0, 0.1) is 11.8 Å². The Morgan fingerprint density at radius 1 is 0.903 bits per heavy atom. The lowest BCUT2D eigenvalue weighted by molar-refractivity contribution is -0.322. The molecular weight excluding hydrogens is 416 g/mol. The molecule has 1 heterocycles. The molecule has 6 heteroatoms. The molecule has 31 heavy (non-hydrogen) atoms. The van der Waals surface area contributed by atoms with Crippen LogP contribution in [0.25, 0.3) is 0 Å². The molecule has 0 spiro atoms. The summed E-state index contributed by atoms with van der Waals surface area (Å²) in [5, 5.41) is 9.97. The third-order valence-corrected chi connectivity index (χ3v) is 7.73. The Hall–Kier alpha value is -1.46. The van der Waals surface area contributed by atoms with Gasteiger partial charge in [0, 0.05) is 10.6 Å². The molecule has 2 fully saturated rings. The number of hydrogen-bond acceptors (Lipinski definition) is 4. The zero-order valence-electron chi connectivity index (χ0n) is 18.3. The van der Waals surface area contributed by atoms with E-state index in [2.05, 4.69) is 0 Å². The molecule has 0 aromatic heterocycles. The van der Waals surface area contributed by atoms with Gasteiger partial charge in [0.1, 0.15) is 11.4 Å². The average Bonchev–Trinajstić information content (AvgIpc) is 2.67. The van der Waals surface area contributed by atoms with Crippen LogP contribution < -0.4 is 4.74 Å². The highest BCUT2D eigenvalue weighted by Crippen LogP contribution is 2.55. The fourth-order valence-corrected chi connectivity index (χ4v) is 6.30. The minimum atomic E-state index is -1.38. The first-order valence-electron chi connectivity index (χ1n) is 12.1. The first kappa shape index (κ1) is 22.7. The van der Waals surface area contributed by atoms with Gasteiger partial charge in [0.05, 0.1) is 0 Å². The molecule has 1 aromatic carbocycles. The summed E-state index contributed by atoms with van der Waals surface area (Å²) in [5.74, 6) is 1.22. The zero-order valence-corrected chi connectivity index (χ0v) is 19.1. The molecule has 1 atom stereocenters. The van der Waals surface area contributed by atoms with Gasteiger partial charge in [-0.3, -0.25) is 4.74 Å². The van der Waals surface area contributed by atoms with Crippen LogP contribution in [0.3, 0.4) is 0 Å². The van der Waals surface area contributed by atoms with Crippen molar-refractivity contribution in [2.75, 3.05) is 0 Å². The van der Waals surface area contributed by atoms with Gasteiger partial charge in [0.25, 0.3) is 0 Å². The van der Waals surface area contributed by atoms with Crippen LogP contribution in [0.2, 0.25) is 5.02 Å².